The van der Waals surface area contributed by atoms with E-state index in [2.05, 4.69) is 4.98 Å². The van der Waals surface area contributed by atoms with Crippen molar-refractivity contribution in [3.63, 3.8) is 0 Å². The van der Waals surface area contributed by atoms with E-state index in [4.69, 9.17) is 11.6 Å². The molecule has 4 rings (SSSR count). The lowest BCUT2D eigenvalue weighted by molar-refractivity contribution is -0.131. The molecule has 1 N–H and O–H groups in total. The van der Waals surface area contributed by atoms with Gasteiger partial charge < -0.3 is 10.0 Å². The van der Waals surface area contributed by atoms with Crippen molar-refractivity contribution in [1.82, 2.24) is 14.5 Å². The lowest BCUT2D eigenvalue weighted by Gasteiger charge is -2.24. The van der Waals surface area contributed by atoms with E-state index in [-0.39, 0.29) is 24.6 Å². The first-order chi connectivity index (χ1) is 13.9. The monoisotopic (exact) mass is 411 g/mol. The SMILES string of the molecule is O=C(CCc1ccccc1)N1CCC(O)(Cn2cnc3cc(Cl)ccc3c2=O)C1. The van der Waals surface area contributed by atoms with Gasteiger partial charge in [0.25, 0.3) is 5.56 Å². The Kier molecular flexibility index (Phi) is 5.39. The molecule has 1 amide bonds. The molecule has 0 saturated carbocycles. The molecule has 2 heterocycles. The van der Waals surface area contributed by atoms with Gasteiger partial charge in [0.05, 0.1) is 30.3 Å². The molecule has 1 aromatic heterocycles. The third-order valence-corrected chi connectivity index (χ3v) is 5.64. The quantitative estimate of drug-likeness (QED) is 0.700. The third kappa shape index (κ3) is 4.33. The van der Waals surface area contributed by atoms with Crippen LogP contribution >= 0.6 is 11.6 Å². The Hall–Kier alpha value is -2.70. The summed E-state index contributed by atoms with van der Waals surface area (Å²) in [6.07, 6.45) is 2.93. The van der Waals surface area contributed by atoms with Crippen LogP contribution in [0.15, 0.2) is 59.7 Å². The van der Waals surface area contributed by atoms with Gasteiger partial charge >= 0.3 is 0 Å². The summed E-state index contributed by atoms with van der Waals surface area (Å²) in [5.41, 5.74) is 0.265. The number of nitrogens with zero attached hydrogens (tertiary/aromatic N) is 3. The van der Waals surface area contributed by atoms with Gasteiger partial charge in [0.2, 0.25) is 5.91 Å². The summed E-state index contributed by atoms with van der Waals surface area (Å²) in [5, 5.41) is 12.0. The highest BCUT2D eigenvalue weighted by Crippen LogP contribution is 2.24. The van der Waals surface area contributed by atoms with Crippen LogP contribution in [0.1, 0.15) is 18.4 Å². The number of likely N-dealkylation sites (tertiary alicyclic amines) is 1. The molecule has 0 radical (unpaired) electrons. The van der Waals surface area contributed by atoms with Gasteiger partial charge in [0.1, 0.15) is 5.60 Å². The largest absolute Gasteiger partial charge is 0.386 e. The summed E-state index contributed by atoms with van der Waals surface area (Å²) in [4.78, 5) is 31.2. The molecule has 1 unspecified atom stereocenters. The van der Waals surface area contributed by atoms with Gasteiger partial charge in [0.15, 0.2) is 0 Å². The molecule has 2 aromatic carbocycles. The van der Waals surface area contributed by atoms with Crippen LogP contribution in [0.3, 0.4) is 0 Å². The van der Waals surface area contributed by atoms with Crippen molar-refractivity contribution < 1.29 is 9.90 Å². The van der Waals surface area contributed by atoms with E-state index < -0.39 is 5.60 Å². The fourth-order valence-corrected chi connectivity index (χ4v) is 3.98. The lowest BCUT2D eigenvalue weighted by Crippen LogP contribution is -2.41. The third-order valence-electron chi connectivity index (χ3n) is 5.41. The van der Waals surface area contributed by atoms with Gasteiger partial charge in [-0.2, -0.15) is 0 Å². The van der Waals surface area contributed by atoms with Gasteiger partial charge in [-0.05, 0) is 36.6 Å². The molecule has 1 saturated heterocycles. The number of hydrogen-bond acceptors (Lipinski definition) is 4. The Labute approximate surface area is 173 Å². The van der Waals surface area contributed by atoms with Gasteiger partial charge in [-0.3, -0.25) is 14.2 Å². The van der Waals surface area contributed by atoms with E-state index in [9.17, 15) is 14.7 Å². The van der Waals surface area contributed by atoms with Gasteiger partial charge in [-0.15, -0.1) is 0 Å². The second kappa shape index (κ2) is 7.97. The van der Waals surface area contributed by atoms with E-state index in [0.717, 1.165) is 5.56 Å². The Balaban J connectivity index is 1.43. The number of aryl methyl sites for hydroxylation is 1. The Bertz CT molecular complexity index is 1100. The first-order valence-corrected chi connectivity index (χ1v) is 10.0. The number of benzene rings is 2. The topological polar surface area (TPSA) is 75.4 Å². The van der Waals surface area contributed by atoms with E-state index in [1.807, 2.05) is 30.3 Å². The van der Waals surface area contributed by atoms with Crippen LogP contribution < -0.4 is 5.56 Å². The number of rotatable bonds is 5. The molecule has 0 bridgehead atoms. The van der Waals surface area contributed by atoms with Crippen LogP contribution in [-0.4, -0.2) is 44.2 Å². The summed E-state index contributed by atoms with van der Waals surface area (Å²) in [6.45, 7) is 0.793. The van der Waals surface area contributed by atoms with Crippen LogP contribution in [-0.2, 0) is 17.8 Å². The minimum Gasteiger partial charge on any atom is -0.386 e. The predicted octanol–water partition coefficient (Wildman–Crippen LogP) is 2.65. The summed E-state index contributed by atoms with van der Waals surface area (Å²) < 4.78 is 1.41. The molecular weight excluding hydrogens is 390 g/mol. The van der Waals surface area contributed by atoms with Crippen LogP contribution in [0.2, 0.25) is 5.02 Å². The Morgan fingerprint density at radius 2 is 2.00 bits per heavy atom. The van der Waals surface area contributed by atoms with Crippen molar-refractivity contribution in [2.24, 2.45) is 0 Å². The highest BCUT2D eigenvalue weighted by molar-refractivity contribution is 6.31. The van der Waals surface area contributed by atoms with Gasteiger partial charge in [0, 0.05) is 18.0 Å². The number of hydrogen-bond donors (Lipinski definition) is 1. The molecule has 1 aliphatic heterocycles. The van der Waals surface area contributed by atoms with Crippen molar-refractivity contribution in [3.05, 3.63) is 75.8 Å². The van der Waals surface area contributed by atoms with Gasteiger partial charge in [-0.25, -0.2) is 4.98 Å². The molecule has 1 aliphatic rings. The number of amides is 1. The maximum atomic E-state index is 12.7. The first-order valence-electron chi connectivity index (χ1n) is 9.62. The molecule has 150 valence electrons. The number of fused-ring (bicyclic) bond motifs is 1. The molecule has 29 heavy (non-hydrogen) atoms. The molecule has 0 spiro atoms. The number of carbonyl (C=O) groups is 1. The van der Waals surface area contributed by atoms with Crippen molar-refractivity contribution in [3.8, 4) is 0 Å². The van der Waals surface area contributed by atoms with Crippen LogP contribution in [0.4, 0.5) is 0 Å². The smallest absolute Gasteiger partial charge is 0.261 e. The van der Waals surface area contributed by atoms with Crippen molar-refractivity contribution >= 4 is 28.4 Å². The van der Waals surface area contributed by atoms with E-state index in [1.165, 1.54) is 10.9 Å². The summed E-state index contributed by atoms with van der Waals surface area (Å²) in [6, 6.07) is 14.8. The Morgan fingerprint density at radius 1 is 1.21 bits per heavy atom. The predicted molar refractivity (Wildman–Crippen MR) is 112 cm³/mol. The highest BCUT2D eigenvalue weighted by atomic mass is 35.5. The number of aliphatic hydroxyl groups is 1. The molecule has 6 nitrogen and oxygen atoms in total. The molecule has 3 aromatic rings. The van der Waals surface area contributed by atoms with Crippen LogP contribution in [0.5, 0.6) is 0 Å². The molecule has 1 fully saturated rings. The number of β-amino-alcohol motifs (C(OH)–C–C–N with tert-alkyl or cyclic N) is 1. The highest BCUT2D eigenvalue weighted by Gasteiger charge is 2.38. The van der Waals surface area contributed by atoms with E-state index in [0.29, 0.717) is 41.7 Å². The normalized spacial score (nSPS) is 19.0. The zero-order chi connectivity index (χ0) is 20.4. The summed E-state index contributed by atoms with van der Waals surface area (Å²) in [7, 11) is 0. The average molecular weight is 412 g/mol. The number of halogens is 1. The van der Waals surface area contributed by atoms with Gasteiger partial charge in [-0.1, -0.05) is 41.9 Å². The van der Waals surface area contributed by atoms with E-state index >= 15 is 0 Å². The maximum absolute atomic E-state index is 12.7. The Morgan fingerprint density at radius 3 is 2.79 bits per heavy atom. The summed E-state index contributed by atoms with van der Waals surface area (Å²) >= 11 is 5.95. The van der Waals surface area contributed by atoms with Crippen LogP contribution in [0, 0.1) is 0 Å². The van der Waals surface area contributed by atoms with E-state index in [1.54, 1.807) is 23.1 Å². The standard InChI is InChI=1S/C22H22ClN3O3/c23-17-7-8-18-19(12-17)24-15-26(21(18)28)14-22(29)10-11-25(13-22)20(27)9-6-16-4-2-1-3-5-16/h1-5,7-8,12,15,29H,6,9-11,13-14H2. The average Bonchev–Trinajstić information content (AvgIpc) is 3.11. The fourth-order valence-electron chi connectivity index (χ4n) is 3.81. The number of carbonyl (C=O) groups excluding carboxylic acids is 1. The van der Waals surface area contributed by atoms with Crippen molar-refractivity contribution in [2.75, 3.05) is 13.1 Å². The zero-order valence-corrected chi connectivity index (χ0v) is 16.7. The second-order valence-electron chi connectivity index (χ2n) is 7.61. The minimum atomic E-state index is -1.14. The molecule has 7 heteroatoms. The second-order valence-corrected chi connectivity index (χ2v) is 8.05. The maximum Gasteiger partial charge on any atom is 0.261 e. The lowest BCUT2D eigenvalue weighted by atomic mass is 10.0. The summed E-state index contributed by atoms with van der Waals surface area (Å²) in [5.74, 6) is 0.0170. The molecular formula is C22H22ClN3O3. The van der Waals surface area contributed by atoms with Crippen molar-refractivity contribution in [2.45, 2.75) is 31.4 Å². The van der Waals surface area contributed by atoms with Crippen LogP contribution in [0.25, 0.3) is 10.9 Å². The zero-order valence-electron chi connectivity index (χ0n) is 15.9. The first kappa shape index (κ1) is 19.6. The molecule has 1 atom stereocenters. The minimum absolute atomic E-state index is 0.0170. The molecule has 0 aliphatic carbocycles. The van der Waals surface area contributed by atoms with Crippen molar-refractivity contribution in [1.29, 1.82) is 0 Å². The fraction of sp³-hybridized carbons (Fsp3) is 0.318. The number of aromatic nitrogens is 2.